The molecule has 0 radical (unpaired) electrons. The van der Waals surface area contributed by atoms with Crippen LogP contribution in [-0.4, -0.2) is 5.16 Å². The van der Waals surface area contributed by atoms with Crippen LogP contribution in [0.15, 0.2) is 71.4 Å². The molecule has 0 N–H and O–H groups in total. The number of rotatable bonds is 3. The standard InChI is InChI=1S/C15H11NO2/c1-2-4-13(5-3-1)18-14-8-6-12(7-9-14)15-10-11-17-16-15/h1-11H. The average molecular weight is 237 g/mol. The molecule has 3 rings (SSSR count). The summed E-state index contributed by atoms with van der Waals surface area (Å²) in [4.78, 5) is 0. The Balaban J connectivity index is 1.80. The highest BCUT2D eigenvalue weighted by atomic mass is 16.5. The maximum absolute atomic E-state index is 5.71. The second-order valence-electron chi connectivity index (χ2n) is 3.82. The van der Waals surface area contributed by atoms with E-state index in [9.17, 15) is 0 Å². The fourth-order valence-electron chi connectivity index (χ4n) is 1.68. The Morgan fingerprint density at radius 3 is 2.17 bits per heavy atom. The Morgan fingerprint density at radius 1 is 0.778 bits per heavy atom. The SMILES string of the molecule is c1ccc(Oc2ccc(-c3ccon3)cc2)cc1. The van der Waals surface area contributed by atoms with E-state index < -0.39 is 0 Å². The van der Waals surface area contributed by atoms with Crippen LogP contribution in [0.3, 0.4) is 0 Å². The number of ether oxygens (including phenoxy) is 1. The lowest BCUT2D eigenvalue weighted by Gasteiger charge is -2.05. The van der Waals surface area contributed by atoms with Crippen molar-refractivity contribution in [1.82, 2.24) is 5.16 Å². The highest BCUT2D eigenvalue weighted by molar-refractivity contribution is 5.59. The topological polar surface area (TPSA) is 35.3 Å². The Morgan fingerprint density at radius 2 is 1.50 bits per heavy atom. The molecule has 1 aromatic heterocycles. The van der Waals surface area contributed by atoms with Crippen LogP contribution >= 0.6 is 0 Å². The van der Waals surface area contributed by atoms with Gasteiger partial charge in [-0.3, -0.25) is 0 Å². The van der Waals surface area contributed by atoms with Crippen LogP contribution in [0.4, 0.5) is 0 Å². The molecule has 3 aromatic rings. The number of aromatic nitrogens is 1. The number of hydrogen-bond acceptors (Lipinski definition) is 3. The van der Waals surface area contributed by atoms with Gasteiger partial charge in [-0.1, -0.05) is 23.4 Å². The van der Waals surface area contributed by atoms with Gasteiger partial charge in [0.1, 0.15) is 23.5 Å². The van der Waals surface area contributed by atoms with Crippen molar-refractivity contribution in [3.8, 4) is 22.8 Å². The first-order valence-corrected chi connectivity index (χ1v) is 5.65. The zero-order chi connectivity index (χ0) is 12.2. The van der Waals surface area contributed by atoms with Gasteiger partial charge in [0.25, 0.3) is 0 Å². The number of benzene rings is 2. The Kier molecular flexibility index (Phi) is 2.80. The van der Waals surface area contributed by atoms with Crippen LogP contribution in [0.1, 0.15) is 0 Å². The summed E-state index contributed by atoms with van der Waals surface area (Å²) in [7, 11) is 0. The van der Waals surface area contributed by atoms with Gasteiger partial charge in [-0.2, -0.15) is 0 Å². The first kappa shape index (κ1) is 10.6. The molecule has 0 saturated heterocycles. The van der Waals surface area contributed by atoms with Gasteiger partial charge in [0.15, 0.2) is 0 Å². The fourth-order valence-corrected chi connectivity index (χ4v) is 1.68. The van der Waals surface area contributed by atoms with Crippen molar-refractivity contribution in [1.29, 1.82) is 0 Å². The largest absolute Gasteiger partial charge is 0.457 e. The van der Waals surface area contributed by atoms with E-state index in [4.69, 9.17) is 9.26 Å². The third kappa shape index (κ3) is 2.25. The lowest BCUT2D eigenvalue weighted by atomic mass is 10.1. The van der Waals surface area contributed by atoms with Crippen LogP contribution in [0.5, 0.6) is 11.5 Å². The van der Waals surface area contributed by atoms with Crippen LogP contribution in [0, 0.1) is 0 Å². The molecule has 0 aliphatic rings. The molecular formula is C15H11NO2. The van der Waals surface area contributed by atoms with Crippen LogP contribution in [0.2, 0.25) is 0 Å². The molecule has 0 saturated carbocycles. The van der Waals surface area contributed by atoms with Crippen LogP contribution in [0.25, 0.3) is 11.3 Å². The van der Waals surface area contributed by atoms with Gasteiger partial charge >= 0.3 is 0 Å². The van der Waals surface area contributed by atoms with E-state index in [1.54, 1.807) is 6.26 Å². The minimum atomic E-state index is 0.799. The van der Waals surface area contributed by atoms with Gasteiger partial charge in [0, 0.05) is 11.6 Å². The molecular weight excluding hydrogens is 226 g/mol. The van der Waals surface area contributed by atoms with Gasteiger partial charge in [-0.25, -0.2) is 0 Å². The summed E-state index contributed by atoms with van der Waals surface area (Å²) in [5.74, 6) is 1.63. The summed E-state index contributed by atoms with van der Waals surface area (Å²) in [6, 6.07) is 19.3. The molecule has 3 heteroatoms. The van der Waals surface area contributed by atoms with Crippen molar-refractivity contribution >= 4 is 0 Å². The molecule has 0 amide bonds. The van der Waals surface area contributed by atoms with Crippen molar-refractivity contribution in [3.63, 3.8) is 0 Å². The zero-order valence-corrected chi connectivity index (χ0v) is 9.61. The average Bonchev–Trinajstić information content (AvgIpc) is 2.95. The Bertz CT molecular complexity index is 601. The van der Waals surface area contributed by atoms with E-state index in [1.165, 1.54) is 0 Å². The van der Waals surface area contributed by atoms with Gasteiger partial charge in [0.05, 0.1) is 0 Å². The molecule has 0 fully saturated rings. The van der Waals surface area contributed by atoms with Crippen molar-refractivity contribution in [2.45, 2.75) is 0 Å². The Hall–Kier alpha value is -2.55. The summed E-state index contributed by atoms with van der Waals surface area (Å²) in [5, 5.41) is 3.88. The van der Waals surface area contributed by atoms with Crippen LogP contribution < -0.4 is 4.74 Å². The predicted molar refractivity (Wildman–Crippen MR) is 68.5 cm³/mol. The summed E-state index contributed by atoms with van der Waals surface area (Å²) in [6.07, 6.45) is 1.56. The molecule has 0 unspecified atom stereocenters. The van der Waals surface area contributed by atoms with Crippen molar-refractivity contribution in [2.24, 2.45) is 0 Å². The summed E-state index contributed by atoms with van der Waals surface area (Å²) in [5.41, 5.74) is 1.82. The maximum Gasteiger partial charge on any atom is 0.127 e. The van der Waals surface area contributed by atoms with Gasteiger partial charge in [-0.05, 0) is 36.4 Å². The smallest absolute Gasteiger partial charge is 0.127 e. The highest BCUT2D eigenvalue weighted by Crippen LogP contribution is 2.24. The fraction of sp³-hybridized carbons (Fsp3) is 0. The molecule has 88 valence electrons. The molecule has 1 heterocycles. The molecule has 0 bridgehead atoms. The van der Waals surface area contributed by atoms with E-state index >= 15 is 0 Å². The molecule has 0 aliphatic carbocycles. The summed E-state index contributed by atoms with van der Waals surface area (Å²) < 4.78 is 10.5. The van der Waals surface area contributed by atoms with Crippen LogP contribution in [-0.2, 0) is 0 Å². The van der Waals surface area contributed by atoms with Gasteiger partial charge in [0.2, 0.25) is 0 Å². The molecule has 0 aliphatic heterocycles. The van der Waals surface area contributed by atoms with E-state index in [1.807, 2.05) is 60.7 Å². The van der Waals surface area contributed by atoms with Crippen molar-refractivity contribution < 1.29 is 9.26 Å². The third-order valence-corrected chi connectivity index (χ3v) is 2.57. The van der Waals surface area contributed by atoms with Crippen molar-refractivity contribution in [3.05, 3.63) is 66.9 Å². The third-order valence-electron chi connectivity index (χ3n) is 2.57. The molecule has 0 spiro atoms. The van der Waals surface area contributed by atoms with Gasteiger partial charge < -0.3 is 9.26 Å². The molecule has 3 nitrogen and oxygen atoms in total. The number of nitrogens with zero attached hydrogens (tertiary/aromatic N) is 1. The second-order valence-corrected chi connectivity index (χ2v) is 3.82. The predicted octanol–water partition coefficient (Wildman–Crippen LogP) is 4.13. The van der Waals surface area contributed by atoms with E-state index in [0.717, 1.165) is 22.8 Å². The highest BCUT2D eigenvalue weighted by Gasteiger charge is 2.01. The monoisotopic (exact) mass is 237 g/mol. The van der Waals surface area contributed by atoms with E-state index in [2.05, 4.69) is 5.16 Å². The maximum atomic E-state index is 5.71. The first-order valence-electron chi connectivity index (χ1n) is 5.65. The summed E-state index contributed by atoms with van der Waals surface area (Å²) >= 11 is 0. The lowest BCUT2D eigenvalue weighted by Crippen LogP contribution is -1.83. The lowest BCUT2D eigenvalue weighted by molar-refractivity contribution is 0.422. The molecule has 0 atom stereocenters. The normalized spacial score (nSPS) is 10.2. The van der Waals surface area contributed by atoms with E-state index in [-0.39, 0.29) is 0 Å². The summed E-state index contributed by atoms with van der Waals surface area (Å²) in [6.45, 7) is 0. The minimum absolute atomic E-state index is 0.799. The van der Waals surface area contributed by atoms with E-state index in [0.29, 0.717) is 0 Å². The number of hydrogen-bond donors (Lipinski definition) is 0. The minimum Gasteiger partial charge on any atom is -0.457 e. The number of para-hydroxylation sites is 1. The van der Waals surface area contributed by atoms with Crippen molar-refractivity contribution in [2.75, 3.05) is 0 Å². The van der Waals surface area contributed by atoms with Gasteiger partial charge in [-0.15, -0.1) is 0 Å². The first-order chi connectivity index (χ1) is 8.92. The Labute approximate surface area is 105 Å². The quantitative estimate of drug-likeness (QED) is 0.686. The zero-order valence-electron chi connectivity index (χ0n) is 9.61. The second kappa shape index (κ2) is 4.75. The molecule has 2 aromatic carbocycles. The molecule has 18 heavy (non-hydrogen) atoms.